The summed E-state index contributed by atoms with van der Waals surface area (Å²) in [5, 5.41) is 11.1. The molecular formula is C24H27NO5. The van der Waals surface area contributed by atoms with Gasteiger partial charge in [0.25, 0.3) is 11.7 Å². The molecule has 1 fully saturated rings. The van der Waals surface area contributed by atoms with Gasteiger partial charge in [0.1, 0.15) is 11.5 Å². The quantitative estimate of drug-likeness (QED) is 0.429. The van der Waals surface area contributed by atoms with E-state index in [9.17, 15) is 14.7 Å². The van der Waals surface area contributed by atoms with E-state index in [0.717, 1.165) is 23.1 Å². The highest BCUT2D eigenvalue weighted by atomic mass is 16.5. The Balaban J connectivity index is 2.14. The number of aliphatic hydroxyl groups excluding tert-OH is 1. The summed E-state index contributed by atoms with van der Waals surface area (Å²) in [5.41, 5.74) is 3.30. The first-order valence-corrected chi connectivity index (χ1v) is 9.94. The molecule has 1 amide bonds. The average molecular weight is 409 g/mol. The van der Waals surface area contributed by atoms with Gasteiger partial charge in [-0.1, -0.05) is 31.2 Å². The van der Waals surface area contributed by atoms with E-state index in [-0.39, 0.29) is 24.5 Å². The van der Waals surface area contributed by atoms with Crippen molar-refractivity contribution in [1.82, 2.24) is 4.90 Å². The van der Waals surface area contributed by atoms with Gasteiger partial charge in [0, 0.05) is 19.2 Å². The molecule has 1 atom stereocenters. The number of aliphatic hydroxyl groups is 1. The number of carbonyl (C=O) groups excluding carboxylic acids is 2. The van der Waals surface area contributed by atoms with Crippen molar-refractivity contribution >= 4 is 17.4 Å². The molecule has 2 aromatic rings. The molecule has 1 N–H and O–H groups in total. The molecule has 0 saturated carbocycles. The molecule has 0 bridgehead atoms. The molecule has 158 valence electrons. The Morgan fingerprint density at radius 1 is 1.10 bits per heavy atom. The monoisotopic (exact) mass is 409 g/mol. The van der Waals surface area contributed by atoms with Crippen molar-refractivity contribution < 1.29 is 24.2 Å². The number of Topliss-reactive ketones (excluding diaryl/α,β-unsaturated/α-hetero) is 1. The van der Waals surface area contributed by atoms with E-state index in [0.29, 0.717) is 11.3 Å². The van der Waals surface area contributed by atoms with E-state index < -0.39 is 17.7 Å². The van der Waals surface area contributed by atoms with E-state index in [1.807, 2.05) is 31.2 Å². The Kier molecular flexibility index (Phi) is 6.57. The van der Waals surface area contributed by atoms with Crippen LogP contribution in [0.25, 0.3) is 5.76 Å². The molecular weight excluding hydrogens is 382 g/mol. The number of amides is 1. The van der Waals surface area contributed by atoms with Gasteiger partial charge in [-0.2, -0.15) is 0 Å². The van der Waals surface area contributed by atoms with Gasteiger partial charge in [0.05, 0.1) is 25.3 Å². The lowest BCUT2D eigenvalue weighted by Crippen LogP contribution is -2.32. The zero-order chi connectivity index (χ0) is 21.8. The number of carbonyl (C=O) groups is 2. The number of nitrogens with zero attached hydrogens (tertiary/aromatic N) is 1. The zero-order valence-corrected chi connectivity index (χ0v) is 17.8. The van der Waals surface area contributed by atoms with Crippen molar-refractivity contribution in [1.29, 1.82) is 0 Å². The highest BCUT2D eigenvalue weighted by Gasteiger charge is 2.45. The third-order valence-electron chi connectivity index (χ3n) is 5.45. The molecule has 1 saturated heterocycles. The maximum Gasteiger partial charge on any atom is 0.295 e. The lowest BCUT2D eigenvalue weighted by molar-refractivity contribution is -0.140. The molecule has 1 aliphatic heterocycles. The first kappa shape index (κ1) is 21.6. The topological polar surface area (TPSA) is 76.1 Å². The molecule has 3 rings (SSSR count). The first-order valence-electron chi connectivity index (χ1n) is 9.94. The number of ether oxygens (including phenoxy) is 2. The molecule has 6 heteroatoms. The van der Waals surface area contributed by atoms with Crippen LogP contribution in [0.15, 0.2) is 48.0 Å². The Morgan fingerprint density at radius 3 is 2.37 bits per heavy atom. The largest absolute Gasteiger partial charge is 0.507 e. The number of aryl methyl sites for hydroxylation is 2. The minimum atomic E-state index is -0.693. The van der Waals surface area contributed by atoms with Gasteiger partial charge in [0.15, 0.2) is 0 Å². The molecule has 0 aliphatic carbocycles. The zero-order valence-electron chi connectivity index (χ0n) is 17.8. The minimum absolute atomic E-state index is 0.0879. The Bertz CT molecular complexity index is 978. The van der Waals surface area contributed by atoms with Crippen LogP contribution in [0.1, 0.15) is 35.2 Å². The van der Waals surface area contributed by atoms with Crippen molar-refractivity contribution in [3.8, 4) is 5.75 Å². The van der Waals surface area contributed by atoms with Crippen LogP contribution in [0, 0.1) is 6.92 Å². The number of rotatable bonds is 7. The fourth-order valence-electron chi connectivity index (χ4n) is 3.76. The Morgan fingerprint density at radius 2 is 1.80 bits per heavy atom. The summed E-state index contributed by atoms with van der Waals surface area (Å²) in [6, 6.07) is 12.2. The van der Waals surface area contributed by atoms with Crippen molar-refractivity contribution in [2.45, 2.75) is 26.3 Å². The summed E-state index contributed by atoms with van der Waals surface area (Å²) in [6.07, 6.45) is 0.884. The van der Waals surface area contributed by atoms with Crippen molar-refractivity contribution in [3.05, 3.63) is 70.3 Å². The van der Waals surface area contributed by atoms with Crippen LogP contribution in [-0.2, 0) is 20.7 Å². The average Bonchev–Trinajstić information content (AvgIpc) is 3.01. The normalized spacial score (nSPS) is 18.1. The lowest BCUT2D eigenvalue weighted by atomic mass is 9.94. The molecule has 1 aliphatic rings. The van der Waals surface area contributed by atoms with Crippen LogP contribution >= 0.6 is 0 Å². The smallest absolute Gasteiger partial charge is 0.295 e. The number of ketones is 1. The number of likely N-dealkylation sites (tertiary alicyclic amines) is 1. The number of hydrogen-bond donors (Lipinski definition) is 1. The summed E-state index contributed by atoms with van der Waals surface area (Å²) in [6.45, 7) is 4.46. The van der Waals surface area contributed by atoms with E-state index in [2.05, 4.69) is 6.92 Å². The Labute approximate surface area is 176 Å². The van der Waals surface area contributed by atoms with Crippen LogP contribution in [0.2, 0.25) is 0 Å². The third kappa shape index (κ3) is 3.96. The minimum Gasteiger partial charge on any atom is -0.507 e. The van der Waals surface area contributed by atoms with Gasteiger partial charge in [-0.15, -0.1) is 0 Å². The summed E-state index contributed by atoms with van der Waals surface area (Å²) >= 11 is 0. The van der Waals surface area contributed by atoms with Gasteiger partial charge in [0.2, 0.25) is 0 Å². The second kappa shape index (κ2) is 9.13. The van der Waals surface area contributed by atoms with Crippen molar-refractivity contribution in [2.75, 3.05) is 27.4 Å². The summed E-state index contributed by atoms with van der Waals surface area (Å²) in [4.78, 5) is 27.2. The van der Waals surface area contributed by atoms with Crippen molar-refractivity contribution in [2.24, 2.45) is 0 Å². The predicted molar refractivity (Wildman–Crippen MR) is 114 cm³/mol. The van der Waals surface area contributed by atoms with Gasteiger partial charge in [-0.05, 0) is 48.2 Å². The third-order valence-corrected chi connectivity index (χ3v) is 5.45. The van der Waals surface area contributed by atoms with Gasteiger partial charge >= 0.3 is 0 Å². The number of hydrogen-bond acceptors (Lipinski definition) is 5. The van der Waals surface area contributed by atoms with Gasteiger partial charge in [-0.3, -0.25) is 9.59 Å². The van der Waals surface area contributed by atoms with Crippen LogP contribution in [0.5, 0.6) is 5.75 Å². The second-order valence-corrected chi connectivity index (χ2v) is 7.26. The van der Waals surface area contributed by atoms with Gasteiger partial charge in [-0.25, -0.2) is 0 Å². The fourth-order valence-corrected chi connectivity index (χ4v) is 3.76. The Hall–Kier alpha value is -3.12. The van der Waals surface area contributed by atoms with E-state index in [4.69, 9.17) is 9.47 Å². The maximum atomic E-state index is 12.9. The summed E-state index contributed by atoms with van der Waals surface area (Å²) in [5.74, 6) is -0.840. The summed E-state index contributed by atoms with van der Waals surface area (Å²) < 4.78 is 10.4. The molecule has 0 radical (unpaired) electrons. The molecule has 30 heavy (non-hydrogen) atoms. The van der Waals surface area contributed by atoms with Crippen LogP contribution in [-0.4, -0.2) is 49.1 Å². The molecule has 0 spiro atoms. The standard InChI is InChI=1S/C24H27NO5/c1-5-16-6-8-17(9-7-16)21-20(23(27)24(28)25(21)12-13-29-3)22(26)18-10-11-19(30-4)15(2)14-18/h6-11,14,21,26H,5,12-13H2,1-4H3/b22-20+/t21-/m0/s1. The van der Waals surface area contributed by atoms with E-state index >= 15 is 0 Å². The molecule has 6 nitrogen and oxygen atoms in total. The molecule has 0 aromatic heterocycles. The highest BCUT2D eigenvalue weighted by molar-refractivity contribution is 6.46. The van der Waals surface area contributed by atoms with E-state index in [1.54, 1.807) is 32.4 Å². The second-order valence-electron chi connectivity index (χ2n) is 7.26. The predicted octanol–water partition coefficient (Wildman–Crippen LogP) is 3.63. The fraction of sp³-hybridized carbons (Fsp3) is 0.333. The molecule has 2 aromatic carbocycles. The lowest BCUT2D eigenvalue weighted by Gasteiger charge is -2.25. The van der Waals surface area contributed by atoms with Crippen LogP contribution in [0.4, 0.5) is 0 Å². The molecule has 1 heterocycles. The highest BCUT2D eigenvalue weighted by Crippen LogP contribution is 2.39. The summed E-state index contributed by atoms with van der Waals surface area (Å²) in [7, 11) is 3.12. The maximum absolute atomic E-state index is 12.9. The van der Waals surface area contributed by atoms with E-state index in [1.165, 1.54) is 4.90 Å². The van der Waals surface area contributed by atoms with Gasteiger partial charge < -0.3 is 19.5 Å². The SMILES string of the molecule is CCc1ccc([C@H]2/C(=C(\O)c3ccc(OC)c(C)c3)C(=O)C(=O)N2CCOC)cc1. The first-order chi connectivity index (χ1) is 14.4. The van der Waals surface area contributed by atoms with Crippen LogP contribution < -0.4 is 4.74 Å². The van der Waals surface area contributed by atoms with Crippen LogP contribution in [0.3, 0.4) is 0 Å². The number of methoxy groups -OCH3 is 2. The van der Waals surface area contributed by atoms with Crippen molar-refractivity contribution in [3.63, 3.8) is 0 Å². The molecule has 0 unspecified atom stereocenters. The number of benzene rings is 2.